The normalized spacial score (nSPS) is 14.5. The molecule has 0 spiro atoms. The van der Waals surface area contributed by atoms with Crippen LogP contribution in [0, 0.1) is 6.92 Å². The van der Waals surface area contributed by atoms with Crippen LogP contribution < -0.4 is 15.0 Å². The van der Waals surface area contributed by atoms with Gasteiger partial charge in [-0.25, -0.2) is 0 Å². The summed E-state index contributed by atoms with van der Waals surface area (Å²) >= 11 is 10.2. The molecule has 3 aromatic carbocycles. The average Bonchev–Trinajstić information content (AvgIpc) is 3.13. The number of carbonyl (C=O) groups is 2. The first-order chi connectivity index (χ1) is 16.8. The molecule has 2 amide bonds. The van der Waals surface area contributed by atoms with Crippen molar-refractivity contribution in [2.75, 3.05) is 16.8 Å². The van der Waals surface area contributed by atoms with Crippen molar-refractivity contribution in [3.05, 3.63) is 92.8 Å². The van der Waals surface area contributed by atoms with Crippen molar-refractivity contribution in [2.24, 2.45) is 0 Å². The molecule has 1 aliphatic rings. The number of benzene rings is 3. The lowest BCUT2D eigenvalue weighted by Crippen LogP contribution is -2.27. The number of aryl methyl sites for hydroxylation is 2. The summed E-state index contributed by atoms with van der Waals surface area (Å²) in [5, 5.41) is 2.82. The summed E-state index contributed by atoms with van der Waals surface area (Å²) in [6, 6.07) is 20.7. The third kappa shape index (κ3) is 6.20. The lowest BCUT2D eigenvalue weighted by Gasteiger charge is -2.14. The van der Waals surface area contributed by atoms with Crippen LogP contribution in [0.1, 0.15) is 23.6 Å². The Balaban J connectivity index is 1.36. The number of amides is 2. The Labute approximate surface area is 222 Å². The van der Waals surface area contributed by atoms with Crippen LogP contribution in [0.5, 0.6) is 5.75 Å². The van der Waals surface area contributed by atoms with Gasteiger partial charge in [0.25, 0.3) is 11.8 Å². The monoisotopic (exact) mass is 566 g/mol. The number of halogens is 1. The first-order valence-corrected chi connectivity index (χ1v) is 13.0. The molecule has 8 heteroatoms. The predicted molar refractivity (Wildman–Crippen MR) is 151 cm³/mol. The Morgan fingerprint density at radius 3 is 2.49 bits per heavy atom. The van der Waals surface area contributed by atoms with Crippen LogP contribution in [0.4, 0.5) is 11.4 Å². The maximum atomic E-state index is 13.0. The van der Waals surface area contributed by atoms with E-state index in [0.29, 0.717) is 20.7 Å². The Morgan fingerprint density at radius 2 is 1.83 bits per heavy atom. The highest BCUT2D eigenvalue weighted by molar-refractivity contribution is 9.10. The second-order valence-electron chi connectivity index (χ2n) is 7.91. The van der Waals surface area contributed by atoms with E-state index in [1.807, 2.05) is 67.6 Å². The minimum atomic E-state index is -0.244. The number of nitrogens with one attached hydrogen (secondary N) is 1. The van der Waals surface area contributed by atoms with E-state index in [9.17, 15) is 9.59 Å². The van der Waals surface area contributed by atoms with Crippen LogP contribution in [0.15, 0.2) is 76.1 Å². The minimum absolute atomic E-state index is 0.107. The molecule has 178 valence electrons. The van der Waals surface area contributed by atoms with Crippen LogP contribution in [0.3, 0.4) is 0 Å². The quantitative estimate of drug-likeness (QED) is 0.253. The van der Waals surface area contributed by atoms with E-state index in [0.717, 1.165) is 27.7 Å². The maximum Gasteiger partial charge on any atom is 0.270 e. The molecule has 5 nitrogen and oxygen atoms in total. The molecule has 0 radical (unpaired) electrons. The molecule has 1 heterocycles. The molecule has 3 aromatic rings. The summed E-state index contributed by atoms with van der Waals surface area (Å²) in [6.07, 6.45) is 2.75. The zero-order valence-corrected chi connectivity index (χ0v) is 22.4. The van der Waals surface area contributed by atoms with Crippen LogP contribution in [0.2, 0.25) is 0 Å². The molecule has 4 rings (SSSR count). The van der Waals surface area contributed by atoms with Crippen molar-refractivity contribution in [3.63, 3.8) is 0 Å². The molecule has 0 saturated carbocycles. The van der Waals surface area contributed by atoms with Crippen molar-refractivity contribution in [1.82, 2.24) is 0 Å². The Bertz CT molecular complexity index is 1310. The third-order valence-electron chi connectivity index (χ3n) is 5.39. The van der Waals surface area contributed by atoms with Crippen LogP contribution in [0.25, 0.3) is 6.08 Å². The van der Waals surface area contributed by atoms with Gasteiger partial charge in [0.2, 0.25) is 0 Å². The first-order valence-electron chi connectivity index (χ1n) is 11.0. The molecule has 1 fully saturated rings. The summed E-state index contributed by atoms with van der Waals surface area (Å²) in [6.45, 7) is 3.94. The van der Waals surface area contributed by atoms with Gasteiger partial charge in [-0.15, -0.1) is 0 Å². The van der Waals surface area contributed by atoms with Crippen molar-refractivity contribution in [1.29, 1.82) is 0 Å². The molecule has 35 heavy (non-hydrogen) atoms. The van der Waals surface area contributed by atoms with Crippen molar-refractivity contribution < 1.29 is 14.3 Å². The number of thiocarbonyl (C=S) groups is 1. The number of anilines is 2. The summed E-state index contributed by atoms with van der Waals surface area (Å²) < 4.78 is 7.11. The molecule has 0 unspecified atom stereocenters. The second kappa shape index (κ2) is 11.2. The number of thioether (sulfide) groups is 1. The van der Waals surface area contributed by atoms with Gasteiger partial charge in [0.15, 0.2) is 10.9 Å². The average molecular weight is 568 g/mol. The fourth-order valence-electron chi connectivity index (χ4n) is 3.45. The predicted octanol–water partition coefficient (Wildman–Crippen LogP) is 6.74. The molecule has 1 N–H and O–H groups in total. The maximum absolute atomic E-state index is 13.0. The lowest BCUT2D eigenvalue weighted by molar-refractivity contribution is -0.118. The second-order valence-corrected chi connectivity index (χ2v) is 10.4. The van der Waals surface area contributed by atoms with E-state index in [1.165, 1.54) is 17.3 Å². The summed E-state index contributed by atoms with van der Waals surface area (Å²) in [5.74, 6) is 0.184. The number of ether oxygens (including phenoxy) is 1. The van der Waals surface area contributed by atoms with Crippen LogP contribution >= 0.6 is 39.9 Å². The minimum Gasteiger partial charge on any atom is -0.484 e. The van der Waals surface area contributed by atoms with E-state index >= 15 is 0 Å². The van der Waals surface area contributed by atoms with E-state index in [-0.39, 0.29) is 18.4 Å². The van der Waals surface area contributed by atoms with Gasteiger partial charge in [-0.3, -0.25) is 14.5 Å². The smallest absolute Gasteiger partial charge is 0.270 e. The fourth-order valence-corrected chi connectivity index (χ4v) is 5.00. The molecular formula is C27H23BrN2O3S2. The molecule has 0 aromatic heterocycles. The largest absolute Gasteiger partial charge is 0.484 e. The first kappa shape index (κ1) is 25.2. The zero-order chi connectivity index (χ0) is 24.9. The van der Waals surface area contributed by atoms with E-state index in [1.54, 1.807) is 17.0 Å². The molecule has 0 bridgehead atoms. The Morgan fingerprint density at radius 1 is 1.11 bits per heavy atom. The van der Waals surface area contributed by atoms with Gasteiger partial charge in [0.1, 0.15) is 5.75 Å². The summed E-state index contributed by atoms with van der Waals surface area (Å²) in [4.78, 5) is 27.3. The standard InChI is InChI=1S/C27H23BrN2O3S2/c1-3-18-4-9-21(10-5-18)30-26(32)24(35-27(30)34)15-19-6-11-22(12-7-19)33-16-25(31)29-20-8-13-23(28)17(2)14-20/h4-15H,3,16H2,1-2H3,(H,29,31)/b24-15-. The van der Waals surface area contributed by atoms with E-state index in [4.69, 9.17) is 17.0 Å². The Kier molecular flexibility index (Phi) is 8.05. The topological polar surface area (TPSA) is 58.6 Å². The van der Waals surface area contributed by atoms with Crippen molar-refractivity contribution in [3.8, 4) is 5.75 Å². The van der Waals surface area contributed by atoms with E-state index < -0.39 is 0 Å². The van der Waals surface area contributed by atoms with Crippen molar-refractivity contribution >= 4 is 73.5 Å². The zero-order valence-electron chi connectivity index (χ0n) is 19.2. The lowest BCUT2D eigenvalue weighted by atomic mass is 10.1. The number of carbonyl (C=O) groups excluding carboxylic acids is 2. The van der Waals surface area contributed by atoms with Gasteiger partial charge in [0, 0.05) is 10.2 Å². The number of rotatable bonds is 7. The molecule has 1 aliphatic heterocycles. The SMILES string of the molecule is CCc1ccc(N2C(=O)/C(=C/c3ccc(OCC(=O)Nc4ccc(Br)c(C)c4)cc3)SC2=S)cc1. The molecule has 0 aliphatic carbocycles. The summed E-state index contributed by atoms with van der Waals surface area (Å²) in [5.41, 5.74) is 4.57. The fraction of sp³-hybridized carbons (Fsp3) is 0.148. The highest BCUT2D eigenvalue weighted by atomic mass is 79.9. The molecular weight excluding hydrogens is 544 g/mol. The van der Waals surface area contributed by atoms with Crippen molar-refractivity contribution in [2.45, 2.75) is 20.3 Å². The number of nitrogens with zero attached hydrogens (tertiary/aromatic N) is 1. The highest BCUT2D eigenvalue weighted by Gasteiger charge is 2.33. The summed E-state index contributed by atoms with van der Waals surface area (Å²) in [7, 11) is 0. The molecule has 1 saturated heterocycles. The number of hydrogen-bond acceptors (Lipinski definition) is 5. The van der Waals surface area contributed by atoms with Crippen LogP contribution in [-0.2, 0) is 16.0 Å². The molecule has 0 atom stereocenters. The third-order valence-corrected chi connectivity index (χ3v) is 7.58. The van der Waals surface area contributed by atoms with Gasteiger partial charge in [-0.2, -0.15) is 0 Å². The van der Waals surface area contributed by atoms with Gasteiger partial charge < -0.3 is 10.1 Å². The number of hydrogen-bond donors (Lipinski definition) is 1. The Hall–Kier alpha value is -2.94. The van der Waals surface area contributed by atoms with Gasteiger partial charge in [-0.05, 0) is 78.6 Å². The van der Waals surface area contributed by atoms with E-state index in [2.05, 4.69) is 28.2 Å². The van der Waals surface area contributed by atoms with Gasteiger partial charge in [-0.1, -0.05) is 71.1 Å². The van der Waals surface area contributed by atoms with Gasteiger partial charge >= 0.3 is 0 Å². The van der Waals surface area contributed by atoms with Crippen LogP contribution in [-0.4, -0.2) is 22.7 Å². The van der Waals surface area contributed by atoms with Gasteiger partial charge in [0.05, 0.1) is 10.6 Å². The highest BCUT2D eigenvalue weighted by Crippen LogP contribution is 2.36.